The Morgan fingerprint density at radius 2 is 1.95 bits per heavy atom. The van der Waals surface area contributed by atoms with Gasteiger partial charge in [-0.15, -0.1) is 11.8 Å². The topological polar surface area (TPSA) is 29.5 Å². The molecule has 0 aliphatic carbocycles. The first kappa shape index (κ1) is 13.7. The molecule has 1 unspecified atom stereocenters. The third-order valence-corrected chi connectivity index (χ3v) is 5.28. The highest BCUT2D eigenvalue weighted by molar-refractivity contribution is 7.99. The average Bonchev–Trinajstić information content (AvgIpc) is 2.87. The van der Waals surface area contributed by atoms with Crippen LogP contribution < -0.4 is 9.64 Å². The molecule has 3 nitrogen and oxygen atoms in total. The smallest absolute Gasteiger partial charge is 0.268 e. The number of hydrogen-bond acceptors (Lipinski definition) is 3. The van der Waals surface area contributed by atoms with Crippen molar-refractivity contribution in [3.63, 3.8) is 0 Å². The van der Waals surface area contributed by atoms with Crippen molar-refractivity contribution in [2.45, 2.75) is 23.8 Å². The third-order valence-electron chi connectivity index (χ3n) is 4.13. The predicted molar refractivity (Wildman–Crippen MR) is 88.7 cm³/mol. The number of hydrogen-bond donors (Lipinski definition) is 0. The van der Waals surface area contributed by atoms with Crippen LogP contribution in [0.4, 0.5) is 5.69 Å². The van der Waals surface area contributed by atoms with Gasteiger partial charge in [0.1, 0.15) is 5.75 Å². The summed E-state index contributed by atoms with van der Waals surface area (Å²) >= 11 is 1.83. The van der Waals surface area contributed by atoms with E-state index in [0.29, 0.717) is 6.42 Å². The van der Waals surface area contributed by atoms with Crippen LogP contribution in [0, 0.1) is 0 Å². The van der Waals surface area contributed by atoms with E-state index >= 15 is 0 Å². The molecule has 1 amide bonds. The summed E-state index contributed by atoms with van der Waals surface area (Å²) in [6.07, 6.45) is 1.28. The SMILES string of the molecule is O=C(C1Cc2ccccc2O1)N1CCCSc2ccccc21. The summed E-state index contributed by atoms with van der Waals surface area (Å²) < 4.78 is 5.88. The third kappa shape index (κ3) is 2.37. The Hall–Kier alpha value is -1.94. The Balaban J connectivity index is 1.61. The number of ether oxygens (including phenoxy) is 1. The number of nitrogens with zero attached hydrogens (tertiary/aromatic N) is 1. The minimum absolute atomic E-state index is 0.0751. The first-order chi connectivity index (χ1) is 10.8. The van der Waals surface area contributed by atoms with Crippen LogP contribution in [0.5, 0.6) is 5.75 Å². The molecule has 2 heterocycles. The molecular formula is C18H17NO2S. The molecule has 0 aromatic heterocycles. The van der Waals surface area contributed by atoms with Gasteiger partial charge in [0, 0.05) is 17.9 Å². The number of thioether (sulfide) groups is 1. The predicted octanol–water partition coefficient (Wildman–Crippen LogP) is 3.52. The van der Waals surface area contributed by atoms with Gasteiger partial charge in [-0.25, -0.2) is 0 Å². The number of rotatable bonds is 1. The van der Waals surface area contributed by atoms with Gasteiger partial charge in [-0.2, -0.15) is 0 Å². The molecule has 0 bridgehead atoms. The molecule has 0 fully saturated rings. The van der Waals surface area contributed by atoms with Crippen LogP contribution in [0.2, 0.25) is 0 Å². The van der Waals surface area contributed by atoms with Gasteiger partial charge in [0.15, 0.2) is 6.10 Å². The summed E-state index contributed by atoms with van der Waals surface area (Å²) in [5.41, 5.74) is 2.15. The number of amides is 1. The van der Waals surface area contributed by atoms with E-state index in [2.05, 4.69) is 6.07 Å². The highest BCUT2D eigenvalue weighted by Gasteiger charge is 2.34. The van der Waals surface area contributed by atoms with Gasteiger partial charge in [0.2, 0.25) is 0 Å². The number of fused-ring (bicyclic) bond motifs is 2. The van der Waals surface area contributed by atoms with E-state index in [1.165, 1.54) is 4.90 Å². The quantitative estimate of drug-likeness (QED) is 0.807. The summed E-state index contributed by atoms with van der Waals surface area (Å²) in [7, 11) is 0. The van der Waals surface area contributed by atoms with Crippen molar-refractivity contribution in [1.29, 1.82) is 0 Å². The lowest BCUT2D eigenvalue weighted by molar-refractivity contribution is -0.124. The van der Waals surface area contributed by atoms with E-state index < -0.39 is 6.10 Å². The molecule has 2 aliphatic heterocycles. The maximum atomic E-state index is 13.0. The number of para-hydroxylation sites is 2. The van der Waals surface area contributed by atoms with Crippen LogP contribution in [0.15, 0.2) is 53.4 Å². The van der Waals surface area contributed by atoms with E-state index in [1.54, 1.807) is 0 Å². The van der Waals surface area contributed by atoms with Crippen LogP contribution in [0.1, 0.15) is 12.0 Å². The molecule has 0 saturated carbocycles. The van der Waals surface area contributed by atoms with E-state index in [9.17, 15) is 4.79 Å². The zero-order valence-corrected chi connectivity index (χ0v) is 13.0. The first-order valence-corrected chi connectivity index (χ1v) is 8.59. The van der Waals surface area contributed by atoms with Gasteiger partial charge >= 0.3 is 0 Å². The van der Waals surface area contributed by atoms with Crippen molar-refractivity contribution >= 4 is 23.4 Å². The van der Waals surface area contributed by atoms with Crippen molar-refractivity contribution in [2.24, 2.45) is 0 Å². The summed E-state index contributed by atoms with van der Waals surface area (Å²) in [5.74, 6) is 1.97. The van der Waals surface area contributed by atoms with Gasteiger partial charge in [-0.3, -0.25) is 4.79 Å². The molecule has 0 radical (unpaired) electrons. The molecule has 0 spiro atoms. The molecule has 0 N–H and O–H groups in total. The number of carbonyl (C=O) groups is 1. The van der Waals surface area contributed by atoms with Crippen molar-refractivity contribution in [3.05, 3.63) is 54.1 Å². The normalized spacial score (nSPS) is 19.8. The largest absolute Gasteiger partial charge is 0.480 e. The Bertz CT molecular complexity index is 691. The van der Waals surface area contributed by atoms with Crippen LogP contribution >= 0.6 is 11.8 Å². The second kappa shape index (κ2) is 5.69. The molecule has 112 valence electrons. The Labute approximate surface area is 134 Å². The maximum absolute atomic E-state index is 13.0. The van der Waals surface area contributed by atoms with Crippen molar-refractivity contribution in [2.75, 3.05) is 17.2 Å². The molecule has 0 saturated heterocycles. The zero-order valence-electron chi connectivity index (χ0n) is 12.2. The minimum Gasteiger partial charge on any atom is -0.480 e. The van der Waals surface area contributed by atoms with Gasteiger partial charge in [0.05, 0.1) is 5.69 Å². The van der Waals surface area contributed by atoms with Crippen molar-refractivity contribution in [3.8, 4) is 5.75 Å². The maximum Gasteiger partial charge on any atom is 0.268 e. The standard InChI is InChI=1S/C18H17NO2S/c20-18(16-12-13-6-1-3-8-15(13)21-16)19-10-5-11-22-17-9-4-2-7-14(17)19/h1-4,6-9,16H,5,10-12H2. The Morgan fingerprint density at radius 1 is 1.14 bits per heavy atom. The zero-order chi connectivity index (χ0) is 14.9. The molecule has 2 aromatic carbocycles. The lowest BCUT2D eigenvalue weighted by Gasteiger charge is -2.25. The van der Waals surface area contributed by atoms with Crippen molar-refractivity contribution in [1.82, 2.24) is 0 Å². The summed E-state index contributed by atoms with van der Waals surface area (Å²) in [5, 5.41) is 0. The summed E-state index contributed by atoms with van der Waals surface area (Å²) in [6.45, 7) is 0.763. The number of carbonyl (C=O) groups excluding carboxylic acids is 1. The van der Waals surface area contributed by atoms with Gasteiger partial charge in [-0.05, 0) is 35.9 Å². The van der Waals surface area contributed by atoms with Gasteiger partial charge in [-0.1, -0.05) is 30.3 Å². The Morgan fingerprint density at radius 3 is 2.86 bits per heavy atom. The molecule has 4 rings (SSSR count). The highest BCUT2D eigenvalue weighted by atomic mass is 32.2. The van der Waals surface area contributed by atoms with E-state index in [-0.39, 0.29) is 5.91 Å². The lowest BCUT2D eigenvalue weighted by atomic mass is 10.1. The highest BCUT2D eigenvalue weighted by Crippen LogP contribution is 2.35. The molecule has 2 aliphatic rings. The van der Waals surface area contributed by atoms with E-state index in [1.807, 2.05) is 59.1 Å². The van der Waals surface area contributed by atoms with Crippen molar-refractivity contribution < 1.29 is 9.53 Å². The molecule has 2 aromatic rings. The monoisotopic (exact) mass is 311 g/mol. The first-order valence-electron chi connectivity index (χ1n) is 7.61. The number of benzene rings is 2. The van der Waals surface area contributed by atoms with Gasteiger partial charge in [0.25, 0.3) is 5.91 Å². The van der Waals surface area contributed by atoms with Gasteiger partial charge < -0.3 is 9.64 Å². The van der Waals surface area contributed by atoms with Crippen LogP contribution in [0.3, 0.4) is 0 Å². The lowest BCUT2D eigenvalue weighted by Crippen LogP contribution is -2.42. The second-order valence-corrected chi connectivity index (χ2v) is 6.71. The number of anilines is 1. The van der Waals surface area contributed by atoms with E-state index in [4.69, 9.17) is 4.74 Å². The fraction of sp³-hybridized carbons (Fsp3) is 0.278. The second-order valence-electron chi connectivity index (χ2n) is 5.58. The average molecular weight is 311 g/mol. The summed E-state index contributed by atoms with van der Waals surface area (Å²) in [6, 6.07) is 16.1. The Kier molecular flexibility index (Phi) is 3.54. The molecule has 1 atom stereocenters. The molecule has 4 heteroatoms. The fourth-order valence-corrected chi connectivity index (χ4v) is 4.04. The minimum atomic E-state index is -0.395. The van der Waals surface area contributed by atoms with Crippen LogP contribution in [-0.2, 0) is 11.2 Å². The fourth-order valence-electron chi connectivity index (χ4n) is 3.05. The molecular weight excluding hydrogens is 294 g/mol. The van der Waals surface area contributed by atoms with Crippen LogP contribution in [0.25, 0.3) is 0 Å². The summed E-state index contributed by atoms with van der Waals surface area (Å²) in [4.78, 5) is 16.1. The molecule has 22 heavy (non-hydrogen) atoms. The van der Waals surface area contributed by atoms with Crippen LogP contribution in [-0.4, -0.2) is 24.3 Å². The van der Waals surface area contributed by atoms with E-state index in [0.717, 1.165) is 35.7 Å².